The number of anilines is 1. The zero-order valence-electron chi connectivity index (χ0n) is 15.5. The molecule has 1 N–H and O–H groups in total. The highest BCUT2D eigenvalue weighted by Gasteiger charge is 2.24. The van der Waals surface area contributed by atoms with Crippen molar-refractivity contribution in [3.05, 3.63) is 29.8 Å². The molecule has 1 aliphatic rings. The van der Waals surface area contributed by atoms with Gasteiger partial charge in [0, 0.05) is 44.5 Å². The number of nitrogens with zero attached hydrogens (tertiary/aromatic N) is 2. The van der Waals surface area contributed by atoms with Crippen molar-refractivity contribution in [2.75, 3.05) is 64.1 Å². The van der Waals surface area contributed by atoms with Crippen LogP contribution in [0.15, 0.2) is 24.3 Å². The first-order chi connectivity index (χ1) is 12.8. The number of piperazine rings is 1. The van der Waals surface area contributed by atoms with Gasteiger partial charge in [-0.1, -0.05) is 0 Å². The van der Waals surface area contributed by atoms with Crippen LogP contribution in [-0.4, -0.2) is 89.4 Å². The van der Waals surface area contributed by atoms with E-state index in [0.29, 0.717) is 50.6 Å². The van der Waals surface area contributed by atoms with Crippen molar-refractivity contribution < 1.29 is 27.5 Å². The standard InChI is InChI=1S/C17H25N3O6S/c1-25-11-12-26-13-16(21)19-7-9-20(10-8-19)17(22)14-3-5-15(6-4-14)18-27(2,23)24/h3-6,18H,7-13H2,1-2H3. The van der Waals surface area contributed by atoms with Gasteiger partial charge in [0.15, 0.2) is 0 Å². The Balaban J connectivity index is 1.83. The summed E-state index contributed by atoms with van der Waals surface area (Å²) in [5.74, 6) is -0.251. The summed E-state index contributed by atoms with van der Waals surface area (Å²) >= 11 is 0. The van der Waals surface area contributed by atoms with Crippen LogP contribution in [0.5, 0.6) is 0 Å². The minimum Gasteiger partial charge on any atom is -0.382 e. The quantitative estimate of drug-likeness (QED) is 0.617. The first-order valence-corrected chi connectivity index (χ1v) is 10.4. The second kappa shape index (κ2) is 9.67. The molecule has 150 valence electrons. The number of benzene rings is 1. The minimum atomic E-state index is -3.36. The highest BCUT2D eigenvalue weighted by Crippen LogP contribution is 2.14. The molecular weight excluding hydrogens is 374 g/mol. The predicted molar refractivity (Wildman–Crippen MR) is 100 cm³/mol. The predicted octanol–water partition coefficient (Wildman–Crippen LogP) is 0.00550. The maximum Gasteiger partial charge on any atom is 0.253 e. The van der Waals surface area contributed by atoms with Crippen LogP contribution in [0.3, 0.4) is 0 Å². The smallest absolute Gasteiger partial charge is 0.253 e. The molecule has 1 aromatic rings. The van der Waals surface area contributed by atoms with Gasteiger partial charge in [-0.3, -0.25) is 14.3 Å². The lowest BCUT2D eigenvalue weighted by Gasteiger charge is -2.34. The van der Waals surface area contributed by atoms with Crippen LogP contribution >= 0.6 is 0 Å². The molecule has 9 nitrogen and oxygen atoms in total. The van der Waals surface area contributed by atoms with E-state index >= 15 is 0 Å². The Morgan fingerprint density at radius 1 is 1.04 bits per heavy atom. The molecule has 0 atom stereocenters. The summed E-state index contributed by atoms with van der Waals surface area (Å²) in [6.45, 7) is 2.58. The van der Waals surface area contributed by atoms with Crippen LogP contribution in [0.2, 0.25) is 0 Å². The van der Waals surface area contributed by atoms with Crippen molar-refractivity contribution in [3.8, 4) is 0 Å². The van der Waals surface area contributed by atoms with E-state index < -0.39 is 10.0 Å². The van der Waals surface area contributed by atoms with E-state index in [4.69, 9.17) is 9.47 Å². The molecule has 0 unspecified atom stereocenters. The molecule has 0 saturated carbocycles. The van der Waals surface area contributed by atoms with Gasteiger partial charge < -0.3 is 19.3 Å². The topological polar surface area (TPSA) is 105 Å². The number of carbonyl (C=O) groups is 2. The van der Waals surface area contributed by atoms with E-state index in [1.807, 2.05) is 0 Å². The Bertz CT molecular complexity index is 742. The zero-order chi connectivity index (χ0) is 19.9. The van der Waals surface area contributed by atoms with Gasteiger partial charge in [-0.2, -0.15) is 0 Å². The van der Waals surface area contributed by atoms with E-state index in [0.717, 1.165) is 6.26 Å². The Hall–Kier alpha value is -2.17. The van der Waals surface area contributed by atoms with E-state index in [1.54, 1.807) is 41.2 Å². The second-order valence-corrected chi connectivity index (χ2v) is 7.92. The van der Waals surface area contributed by atoms with Gasteiger partial charge in [-0.05, 0) is 24.3 Å². The van der Waals surface area contributed by atoms with Gasteiger partial charge in [0.25, 0.3) is 5.91 Å². The molecule has 1 aliphatic heterocycles. The molecule has 0 spiro atoms. The summed E-state index contributed by atoms with van der Waals surface area (Å²) in [6, 6.07) is 6.25. The van der Waals surface area contributed by atoms with Crippen LogP contribution in [0.4, 0.5) is 5.69 Å². The van der Waals surface area contributed by atoms with Gasteiger partial charge in [-0.15, -0.1) is 0 Å². The van der Waals surface area contributed by atoms with Crippen LogP contribution < -0.4 is 4.72 Å². The Morgan fingerprint density at radius 2 is 1.63 bits per heavy atom. The largest absolute Gasteiger partial charge is 0.382 e. The number of nitrogens with one attached hydrogen (secondary N) is 1. The first-order valence-electron chi connectivity index (χ1n) is 8.52. The molecular formula is C17H25N3O6S. The number of rotatable bonds is 8. The van der Waals surface area contributed by atoms with Crippen molar-refractivity contribution in [1.82, 2.24) is 9.80 Å². The fourth-order valence-corrected chi connectivity index (χ4v) is 3.19. The molecule has 2 rings (SSSR count). The lowest BCUT2D eigenvalue weighted by molar-refractivity contribution is -0.138. The van der Waals surface area contributed by atoms with Crippen LogP contribution in [0.1, 0.15) is 10.4 Å². The molecule has 27 heavy (non-hydrogen) atoms. The zero-order valence-corrected chi connectivity index (χ0v) is 16.3. The summed E-state index contributed by atoms with van der Waals surface area (Å²) < 4.78 is 34.9. The molecule has 0 bridgehead atoms. The second-order valence-electron chi connectivity index (χ2n) is 6.17. The SMILES string of the molecule is COCCOCC(=O)N1CCN(C(=O)c2ccc(NS(C)(=O)=O)cc2)CC1. The van der Waals surface area contributed by atoms with Crippen LogP contribution in [0, 0.1) is 0 Å². The van der Waals surface area contributed by atoms with Gasteiger partial charge in [0.1, 0.15) is 6.61 Å². The average Bonchev–Trinajstić information content (AvgIpc) is 2.64. The normalized spacial score (nSPS) is 14.9. The van der Waals surface area contributed by atoms with Crippen LogP contribution in [-0.2, 0) is 24.3 Å². The number of sulfonamides is 1. The molecule has 0 radical (unpaired) electrons. The molecule has 1 aromatic carbocycles. The van der Waals surface area contributed by atoms with E-state index in [2.05, 4.69) is 4.72 Å². The fraction of sp³-hybridized carbons (Fsp3) is 0.529. The molecule has 0 aromatic heterocycles. The summed E-state index contributed by atoms with van der Waals surface area (Å²) in [5.41, 5.74) is 0.870. The highest BCUT2D eigenvalue weighted by molar-refractivity contribution is 7.92. The molecule has 0 aliphatic carbocycles. The van der Waals surface area contributed by atoms with Crippen LogP contribution in [0.25, 0.3) is 0 Å². The maximum atomic E-state index is 12.6. The summed E-state index contributed by atoms with van der Waals surface area (Å²) in [5, 5.41) is 0. The summed E-state index contributed by atoms with van der Waals surface area (Å²) in [7, 11) is -1.79. The molecule has 10 heteroatoms. The van der Waals surface area contributed by atoms with Gasteiger partial charge in [0.2, 0.25) is 15.9 Å². The third kappa shape index (κ3) is 6.81. The van der Waals surface area contributed by atoms with Crippen molar-refractivity contribution >= 4 is 27.5 Å². The lowest BCUT2D eigenvalue weighted by Crippen LogP contribution is -2.51. The number of hydrogen-bond donors (Lipinski definition) is 1. The fourth-order valence-electron chi connectivity index (χ4n) is 2.63. The Labute approximate surface area is 159 Å². The van der Waals surface area contributed by atoms with Crippen molar-refractivity contribution in [2.45, 2.75) is 0 Å². The van der Waals surface area contributed by atoms with E-state index in [9.17, 15) is 18.0 Å². The third-order valence-electron chi connectivity index (χ3n) is 4.01. The number of ether oxygens (including phenoxy) is 2. The molecule has 1 fully saturated rings. The molecule has 2 amide bonds. The van der Waals surface area contributed by atoms with Gasteiger partial charge >= 0.3 is 0 Å². The Kier molecular flexibility index (Phi) is 7.57. The maximum absolute atomic E-state index is 12.6. The third-order valence-corrected chi connectivity index (χ3v) is 4.62. The molecule has 1 saturated heterocycles. The van der Waals surface area contributed by atoms with Crippen molar-refractivity contribution in [1.29, 1.82) is 0 Å². The van der Waals surface area contributed by atoms with E-state index in [-0.39, 0.29) is 18.4 Å². The van der Waals surface area contributed by atoms with Crippen molar-refractivity contribution in [3.63, 3.8) is 0 Å². The average molecular weight is 399 g/mol. The van der Waals surface area contributed by atoms with E-state index in [1.165, 1.54) is 0 Å². The first kappa shape index (κ1) is 21.1. The number of carbonyl (C=O) groups excluding carboxylic acids is 2. The molecule has 1 heterocycles. The number of hydrogen-bond acceptors (Lipinski definition) is 6. The Morgan fingerprint density at radius 3 is 2.19 bits per heavy atom. The minimum absolute atomic E-state index is 0.00606. The van der Waals surface area contributed by atoms with Crippen molar-refractivity contribution in [2.24, 2.45) is 0 Å². The van der Waals surface area contributed by atoms with Gasteiger partial charge in [-0.25, -0.2) is 8.42 Å². The lowest BCUT2D eigenvalue weighted by atomic mass is 10.1. The number of amides is 2. The summed E-state index contributed by atoms with van der Waals surface area (Å²) in [4.78, 5) is 28.0. The highest BCUT2D eigenvalue weighted by atomic mass is 32.2. The monoisotopic (exact) mass is 399 g/mol. The summed E-state index contributed by atoms with van der Waals surface area (Å²) in [6.07, 6.45) is 1.06. The van der Waals surface area contributed by atoms with Gasteiger partial charge in [0.05, 0.1) is 19.5 Å². The number of methoxy groups -OCH3 is 1.